The summed E-state index contributed by atoms with van der Waals surface area (Å²) in [5.41, 5.74) is 4.23. The maximum Gasteiger partial charge on any atom is 0.337 e. The summed E-state index contributed by atoms with van der Waals surface area (Å²) in [5, 5.41) is 6.67. The second-order valence-corrected chi connectivity index (χ2v) is 9.69. The molecule has 1 aromatic heterocycles. The van der Waals surface area contributed by atoms with E-state index in [4.69, 9.17) is 4.74 Å². The molecule has 1 aliphatic heterocycles. The van der Waals surface area contributed by atoms with Crippen LogP contribution in [0.4, 0.5) is 15.9 Å². The van der Waals surface area contributed by atoms with Gasteiger partial charge in [0.25, 0.3) is 5.91 Å². The van der Waals surface area contributed by atoms with Gasteiger partial charge < -0.3 is 20.3 Å². The van der Waals surface area contributed by atoms with E-state index >= 15 is 0 Å². The molecule has 1 saturated heterocycles. The topological polar surface area (TPSA) is 83.6 Å². The number of amides is 1. The number of nitrogens with zero attached hydrogens (tertiary/aromatic N) is 2. The SMILES string of the molecule is COC(=O)c1ccc(C2(NC(=O)c3cc(C)cnc3N3CC(Nc4ccc(F)cc4C)C3)CC2)cc1. The van der Waals surface area contributed by atoms with Gasteiger partial charge in [-0.2, -0.15) is 0 Å². The van der Waals surface area contributed by atoms with E-state index in [1.54, 1.807) is 24.4 Å². The highest BCUT2D eigenvalue weighted by Crippen LogP contribution is 2.46. The van der Waals surface area contributed by atoms with Crippen molar-refractivity contribution in [3.8, 4) is 0 Å². The number of carbonyl (C=O) groups excluding carboxylic acids is 2. The number of esters is 1. The molecule has 7 nitrogen and oxygen atoms in total. The van der Waals surface area contributed by atoms with Crippen molar-refractivity contribution in [2.75, 3.05) is 30.4 Å². The highest BCUT2D eigenvalue weighted by molar-refractivity contribution is 6.00. The first-order valence-electron chi connectivity index (χ1n) is 12.0. The van der Waals surface area contributed by atoms with Crippen LogP contribution < -0.4 is 15.5 Å². The average molecular weight is 489 g/mol. The van der Waals surface area contributed by atoms with Crippen LogP contribution in [0, 0.1) is 19.7 Å². The van der Waals surface area contributed by atoms with E-state index in [0.717, 1.165) is 35.2 Å². The van der Waals surface area contributed by atoms with Crippen molar-refractivity contribution in [3.63, 3.8) is 0 Å². The Kier molecular flexibility index (Phi) is 6.12. The molecule has 2 fully saturated rings. The fourth-order valence-corrected chi connectivity index (χ4v) is 4.67. The molecule has 0 radical (unpaired) electrons. The van der Waals surface area contributed by atoms with Gasteiger partial charge in [-0.1, -0.05) is 12.1 Å². The van der Waals surface area contributed by atoms with Crippen molar-refractivity contribution in [1.29, 1.82) is 0 Å². The van der Waals surface area contributed by atoms with E-state index < -0.39 is 5.54 Å². The Morgan fingerprint density at radius 1 is 1.08 bits per heavy atom. The van der Waals surface area contributed by atoms with E-state index in [-0.39, 0.29) is 23.7 Å². The van der Waals surface area contributed by atoms with Gasteiger partial charge in [0, 0.05) is 25.0 Å². The number of halogens is 1. The average Bonchev–Trinajstić information content (AvgIpc) is 3.62. The third-order valence-electron chi connectivity index (χ3n) is 6.94. The smallest absolute Gasteiger partial charge is 0.337 e. The number of hydrogen-bond acceptors (Lipinski definition) is 6. The van der Waals surface area contributed by atoms with Crippen molar-refractivity contribution in [3.05, 3.63) is 88.4 Å². The summed E-state index contributed by atoms with van der Waals surface area (Å²) in [5.74, 6) is -0.145. The monoisotopic (exact) mass is 488 g/mol. The Hall–Kier alpha value is -3.94. The highest BCUT2D eigenvalue weighted by Gasteiger charge is 2.46. The number of methoxy groups -OCH3 is 1. The van der Waals surface area contributed by atoms with E-state index in [9.17, 15) is 14.0 Å². The molecule has 0 unspecified atom stereocenters. The molecule has 36 heavy (non-hydrogen) atoms. The predicted octanol–water partition coefficient (Wildman–Crippen LogP) is 4.34. The van der Waals surface area contributed by atoms with Crippen LogP contribution in [0.25, 0.3) is 0 Å². The zero-order valence-corrected chi connectivity index (χ0v) is 20.6. The largest absolute Gasteiger partial charge is 0.465 e. The first-order chi connectivity index (χ1) is 17.3. The van der Waals surface area contributed by atoms with E-state index in [1.165, 1.54) is 19.2 Å². The van der Waals surface area contributed by atoms with Crippen LogP contribution in [0.1, 0.15) is 50.2 Å². The molecular formula is C28H29FN4O3. The fourth-order valence-electron chi connectivity index (χ4n) is 4.67. The van der Waals surface area contributed by atoms with Crippen LogP contribution in [0.2, 0.25) is 0 Å². The predicted molar refractivity (Wildman–Crippen MR) is 136 cm³/mol. The number of carbonyl (C=O) groups is 2. The second kappa shape index (κ2) is 9.26. The third-order valence-corrected chi connectivity index (χ3v) is 6.94. The van der Waals surface area contributed by atoms with Gasteiger partial charge in [0.1, 0.15) is 11.6 Å². The first kappa shape index (κ1) is 23.8. The Labute approximate surface area is 209 Å². The second-order valence-electron chi connectivity index (χ2n) is 9.69. The molecule has 186 valence electrons. The molecule has 1 aliphatic carbocycles. The lowest BCUT2D eigenvalue weighted by Gasteiger charge is -2.42. The summed E-state index contributed by atoms with van der Waals surface area (Å²) < 4.78 is 18.2. The minimum Gasteiger partial charge on any atom is -0.465 e. The number of aromatic nitrogens is 1. The third kappa shape index (κ3) is 4.63. The van der Waals surface area contributed by atoms with Crippen LogP contribution in [0.5, 0.6) is 0 Å². The standard InChI is InChI=1S/C28H29FN4O3/c1-17-12-23(26(34)32-28(10-11-28)20-6-4-19(5-7-20)27(35)36-3)25(30-14-17)33-15-22(16-33)31-24-9-8-21(29)13-18(24)2/h4-9,12-14,22,31H,10-11,15-16H2,1-3H3,(H,32,34). The number of aryl methyl sites for hydroxylation is 2. The van der Waals surface area contributed by atoms with Crippen molar-refractivity contribution in [2.24, 2.45) is 0 Å². The van der Waals surface area contributed by atoms with Gasteiger partial charge in [0.05, 0.1) is 29.8 Å². The maximum absolute atomic E-state index is 13.5. The Morgan fingerprint density at radius 3 is 2.44 bits per heavy atom. The lowest BCUT2D eigenvalue weighted by Crippen LogP contribution is -2.56. The molecule has 2 heterocycles. The molecule has 2 aliphatic rings. The molecule has 2 N–H and O–H groups in total. The van der Waals surface area contributed by atoms with Gasteiger partial charge in [-0.15, -0.1) is 0 Å². The van der Waals surface area contributed by atoms with Crippen molar-refractivity contribution < 1.29 is 18.7 Å². The lowest BCUT2D eigenvalue weighted by atomic mass is 10.0. The van der Waals surface area contributed by atoms with Crippen molar-refractivity contribution >= 4 is 23.4 Å². The molecule has 1 amide bonds. The number of pyridine rings is 1. The van der Waals surface area contributed by atoms with Gasteiger partial charge in [0.15, 0.2) is 0 Å². The Bertz CT molecular complexity index is 1310. The van der Waals surface area contributed by atoms with Crippen LogP contribution >= 0.6 is 0 Å². The molecule has 0 bridgehead atoms. The van der Waals surface area contributed by atoms with Crippen LogP contribution in [0.3, 0.4) is 0 Å². The maximum atomic E-state index is 13.5. The first-order valence-corrected chi connectivity index (χ1v) is 12.0. The van der Waals surface area contributed by atoms with Gasteiger partial charge in [-0.05, 0) is 79.8 Å². The summed E-state index contributed by atoms with van der Waals surface area (Å²) in [6.07, 6.45) is 3.44. The summed E-state index contributed by atoms with van der Waals surface area (Å²) in [6, 6.07) is 14.0. The minimum absolute atomic E-state index is 0.165. The number of benzene rings is 2. The number of ether oxygens (including phenoxy) is 1. The molecule has 3 aromatic rings. The molecule has 5 rings (SSSR count). The zero-order chi connectivity index (χ0) is 25.4. The normalized spacial score (nSPS) is 16.2. The van der Waals surface area contributed by atoms with Crippen molar-refractivity contribution in [1.82, 2.24) is 10.3 Å². The molecule has 2 aromatic carbocycles. The summed E-state index contributed by atoms with van der Waals surface area (Å²) in [6.45, 7) is 5.17. The van der Waals surface area contributed by atoms with Gasteiger partial charge in [-0.3, -0.25) is 4.79 Å². The molecular weight excluding hydrogens is 459 g/mol. The summed E-state index contributed by atoms with van der Waals surface area (Å²) in [4.78, 5) is 31.9. The zero-order valence-electron chi connectivity index (χ0n) is 20.6. The number of rotatable bonds is 7. The van der Waals surface area contributed by atoms with E-state index in [1.807, 2.05) is 32.0 Å². The number of hydrogen-bond donors (Lipinski definition) is 2. The Morgan fingerprint density at radius 2 is 1.81 bits per heavy atom. The van der Waals surface area contributed by atoms with Crippen LogP contribution in [0.15, 0.2) is 54.7 Å². The van der Waals surface area contributed by atoms with Gasteiger partial charge in [0.2, 0.25) is 0 Å². The van der Waals surface area contributed by atoms with Crippen LogP contribution in [-0.2, 0) is 10.3 Å². The number of nitrogens with one attached hydrogen (secondary N) is 2. The molecule has 8 heteroatoms. The van der Waals surface area contributed by atoms with Gasteiger partial charge in [-0.25, -0.2) is 14.2 Å². The lowest BCUT2D eigenvalue weighted by molar-refractivity contribution is 0.0600. The minimum atomic E-state index is -0.439. The Balaban J connectivity index is 1.28. The van der Waals surface area contributed by atoms with E-state index in [2.05, 4.69) is 20.5 Å². The summed E-state index contributed by atoms with van der Waals surface area (Å²) in [7, 11) is 1.35. The quantitative estimate of drug-likeness (QED) is 0.482. The molecule has 0 atom stereocenters. The van der Waals surface area contributed by atoms with Crippen molar-refractivity contribution in [2.45, 2.75) is 38.3 Å². The summed E-state index contributed by atoms with van der Waals surface area (Å²) >= 11 is 0. The highest BCUT2D eigenvalue weighted by atomic mass is 19.1. The molecule has 1 saturated carbocycles. The van der Waals surface area contributed by atoms with E-state index in [0.29, 0.717) is 30.0 Å². The fraction of sp³-hybridized carbons (Fsp3) is 0.321. The number of anilines is 2. The van der Waals surface area contributed by atoms with Gasteiger partial charge >= 0.3 is 5.97 Å². The molecule has 0 spiro atoms. The van der Waals surface area contributed by atoms with Crippen LogP contribution in [-0.4, -0.2) is 43.1 Å².